The quantitative estimate of drug-likeness (QED) is 0.494. The zero-order valence-electron chi connectivity index (χ0n) is 12.8. The lowest BCUT2D eigenvalue weighted by Crippen LogP contribution is -2.03. The fourth-order valence-electron chi connectivity index (χ4n) is 2.35. The molecular formula is C17H22Cl2N2S. The first-order chi connectivity index (χ1) is 10.7. The Labute approximate surface area is 147 Å². The van der Waals surface area contributed by atoms with Gasteiger partial charge in [0, 0.05) is 34.2 Å². The average Bonchev–Trinajstić information content (AvgIpc) is 3.01. The number of rotatable bonds is 9. The van der Waals surface area contributed by atoms with E-state index in [0.29, 0.717) is 10.3 Å². The van der Waals surface area contributed by atoms with E-state index in [1.807, 2.05) is 42.6 Å². The maximum atomic E-state index is 6.41. The van der Waals surface area contributed by atoms with Gasteiger partial charge in [0.15, 0.2) is 0 Å². The van der Waals surface area contributed by atoms with Crippen molar-refractivity contribution in [3.05, 3.63) is 52.5 Å². The molecule has 0 bridgehead atoms. The Morgan fingerprint density at radius 1 is 1.27 bits per heavy atom. The summed E-state index contributed by atoms with van der Waals surface area (Å²) in [7, 11) is 0. The fourth-order valence-corrected chi connectivity index (χ4v) is 4.27. The normalized spacial score (nSPS) is 12.5. The zero-order valence-corrected chi connectivity index (χ0v) is 15.2. The first-order valence-corrected chi connectivity index (χ1v) is 9.53. The minimum Gasteiger partial charge on any atom is -0.337 e. The van der Waals surface area contributed by atoms with Gasteiger partial charge in [0.25, 0.3) is 0 Å². The molecule has 0 N–H and O–H groups in total. The van der Waals surface area contributed by atoms with Crippen LogP contribution in [0.5, 0.6) is 0 Å². The van der Waals surface area contributed by atoms with Gasteiger partial charge in [0.2, 0.25) is 0 Å². The number of nitrogens with zero attached hydrogens (tertiary/aromatic N) is 2. The molecule has 22 heavy (non-hydrogen) atoms. The van der Waals surface area contributed by atoms with Crippen LogP contribution in [0.2, 0.25) is 10.0 Å². The van der Waals surface area contributed by atoms with Crippen LogP contribution in [-0.4, -0.2) is 15.3 Å². The Balaban J connectivity index is 2.02. The van der Waals surface area contributed by atoms with Crippen LogP contribution in [0.15, 0.2) is 36.9 Å². The SMILES string of the molecule is CCCCCSC(CCn1ccnc1)c1ccc(Cl)cc1Cl. The van der Waals surface area contributed by atoms with Gasteiger partial charge in [-0.1, -0.05) is 49.0 Å². The summed E-state index contributed by atoms with van der Waals surface area (Å²) in [6, 6.07) is 5.84. The van der Waals surface area contributed by atoms with Gasteiger partial charge in [-0.05, 0) is 36.3 Å². The highest BCUT2D eigenvalue weighted by atomic mass is 35.5. The van der Waals surface area contributed by atoms with E-state index in [1.54, 1.807) is 0 Å². The average molecular weight is 357 g/mol. The highest BCUT2D eigenvalue weighted by Crippen LogP contribution is 2.38. The van der Waals surface area contributed by atoms with E-state index >= 15 is 0 Å². The molecular weight excluding hydrogens is 335 g/mol. The van der Waals surface area contributed by atoms with Crippen LogP contribution in [0.3, 0.4) is 0 Å². The van der Waals surface area contributed by atoms with E-state index in [-0.39, 0.29) is 0 Å². The Hall–Kier alpha value is -0.640. The van der Waals surface area contributed by atoms with Crippen molar-refractivity contribution in [1.82, 2.24) is 9.55 Å². The summed E-state index contributed by atoms with van der Waals surface area (Å²) in [6.07, 6.45) is 10.5. The molecule has 1 atom stereocenters. The lowest BCUT2D eigenvalue weighted by Gasteiger charge is -2.19. The summed E-state index contributed by atoms with van der Waals surface area (Å²) in [6.45, 7) is 3.18. The van der Waals surface area contributed by atoms with Crippen LogP contribution in [-0.2, 0) is 6.54 Å². The fraction of sp³-hybridized carbons (Fsp3) is 0.471. The molecule has 120 valence electrons. The van der Waals surface area contributed by atoms with E-state index in [9.17, 15) is 0 Å². The van der Waals surface area contributed by atoms with Gasteiger partial charge in [-0.2, -0.15) is 11.8 Å². The minimum absolute atomic E-state index is 0.393. The summed E-state index contributed by atoms with van der Waals surface area (Å²) in [5.74, 6) is 1.17. The van der Waals surface area contributed by atoms with E-state index in [2.05, 4.69) is 22.5 Å². The Bertz CT molecular complexity index is 558. The Morgan fingerprint density at radius 3 is 2.82 bits per heavy atom. The molecule has 0 saturated carbocycles. The molecule has 2 rings (SSSR count). The van der Waals surface area contributed by atoms with E-state index in [0.717, 1.165) is 18.0 Å². The Kier molecular flexibility index (Phi) is 7.64. The number of aromatic nitrogens is 2. The third-order valence-corrected chi connectivity index (χ3v) is 5.56. The summed E-state index contributed by atoms with van der Waals surface area (Å²) in [4.78, 5) is 4.10. The smallest absolute Gasteiger partial charge is 0.0945 e. The largest absolute Gasteiger partial charge is 0.337 e. The van der Waals surface area contributed by atoms with Crippen molar-refractivity contribution in [2.75, 3.05) is 5.75 Å². The first kappa shape index (κ1) is 17.7. The molecule has 0 radical (unpaired) electrons. The zero-order chi connectivity index (χ0) is 15.8. The summed E-state index contributed by atoms with van der Waals surface area (Å²) in [5, 5.41) is 1.85. The third-order valence-electron chi connectivity index (χ3n) is 3.58. The molecule has 1 aromatic carbocycles. The molecule has 0 aliphatic rings. The second-order valence-corrected chi connectivity index (χ2v) is 7.48. The topological polar surface area (TPSA) is 17.8 Å². The van der Waals surface area contributed by atoms with E-state index in [4.69, 9.17) is 23.2 Å². The van der Waals surface area contributed by atoms with Crippen molar-refractivity contribution in [2.45, 2.75) is 44.4 Å². The molecule has 1 aromatic heterocycles. The number of imidazole rings is 1. The summed E-state index contributed by atoms with van der Waals surface area (Å²) in [5.41, 5.74) is 1.19. The van der Waals surface area contributed by atoms with Gasteiger partial charge in [-0.15, -0.1) is 0 Å². The van der Waals surface area contributed by atoms with Crippen LogP contribution < -0.4 is 0 Å². The number of halogens is 2. The van der Waals surface area contributed by atoms with Crippen molar-refractivity contribution in [3.63, 3.8) is 0 Å². The van der Waals surface area contributed by atoms with Gasteiger partial charge in [0.1, 0.15) is 0 Å². The molecule has 0 aliphatic heterocycles. The predicted molar refractivity (Wildman–Crippen MR) is 98.0 cm³/mol. The monoisotopic (exact) mass is 356 g/mol. The number of hydrogen-bond acceptors (Lipinski definition) is 2. The van der Waals surface area contributed by atoms with Crippen molar-refractivity contribution in [3.8, 4) is 0 Å². The van der Waals surface area contributed by atoms with Crippen molar-refractivity contribution in [2.24, 2.45) is 0 Å². The lowest BCUT2D eigenvalue weighted by molar-refractivity contribution is 0.634. The second kappa shape index (κ2) is 9.49. The minimum atomic E-state index is 0.393. The molecule has 1 unspecified atom stereocenters. The molecule has 2 nitrogen and oxygen atoms in total. The van der Waals surface area contributed by atoms with Gasteiger partial charge >= 0.3 is 0 Å². The molecule has 0 saturated heterocycles. The van der Waals surface area contributed by atoms with E-state index in [1.165, 1.54) is 30.6 Å². The van der Waals surface area contributed by atoms with Crippen molar-refractivity contribution >= 4 is 35.0 Å². The van der Waals surface area contributed by atoms with Crippen LogP contribution in [0.25, 0.3) is 0 Å². The van der Waals surface area contributed by atoms with Crippen molar-refractivity contribution < 1.29 is 0 Å². The molecule has 1 heterocycles. The van der Waals surface area contributed by atoms with Gasteiger partial charge in [-0.25, -0.2) is 4.98 Å². The molecule has 2 aromatic rings. The second-order valence-electron chi connectivity index (χ2n) is 5.32. The highest BCUT2D eigenvalue weighted by Gasteiger charge is 2.15. The maximum Gasteiger partial charge on any atom is 0.0945 e. The maximum absolute atomic E-state index is 6.41. The van der Waals surface area contributed by atoms with Crippen LogP contribution in [0.4, 0.5) is 0 Å². The molecule has 0 fully saturated rings. The number of thioether (sulfide) groups is 1. The Morgan fingerprint density at radius 2 is 2.14 bits per heavy atom. The van der Waals surface area contributed by atoms with Gasteiger partial charge in [0.05, 0.1) is 6.33 Å². The molecule has 0 aliphatic carbocycles. The lowest BCUT2D eigenvalue weighted by atomic mass is 10.1. The number of hydrogen-bond donors (Lipinski definition) is 0. The van der Waals surface area contributed by atoms with Crippen LogP contribution in [0.1, 0.15) is 43.4 Å². The number of benzene rings is 1. The van der Waals surface area contributed by atoms with Gasteiger partial charge in [-0.3, -0.25) is 0 Å². The van der Waals surface area contributed by atoms with Gasteiger partial charge < -0.3 is 4.57 Å². The van der Waals surface area contributed by atoms with E-state index < -0.39 is 0 Å². The molecule has 5 heteroatoms. The van der Waals surface area contributed by atoms with Crippen LogP contribution in [0, 0.1) is 0 Å². The summed E-state index contributed by atoms with van der Waals surface area (Å²) >= 11 is 14.4. The highest BCUT2D eigenvalue weighted by molar-refractivity contribution is 7.99. The molecule has 0 spiro atoms. The molecule has 0 amide bonds. The third kappa shape index (κ3) is 5.53. The van der Waals surface area contributed by atoms with Crippen molar-refractivity contribution in [1.29, 1.82) is 0 Å². The van der Waals surface area contributed by atoms with Crippen LogP contribution >= 0.6 is 35.0 Å². The number of aryl methyl sites for hydroxylation is 1. The standard InChI is InChI=1S/C17H22Cl2N2S/c1-2-3-4-11-22-17(7-9-21-10-8-20-13-21)15-6-5-14(18)12-16(15)19/h5-6,8,10,12-13,17H,2-4,7,9,11H2,1H3. The first-order valence-electron chi connectivity index (χ1n) is 7.73. The summed E-state index contributed by atoms with van der Waals surface area (Å²) < 4.78 is 2.11. The number of unbranched alkanes of at least 4 members (excludes halogenated alkanes) is 2. The predicted octanol–water partition coefficient (Wildman–Crippen LogP) is 6.24.